The van der Waals surface area contributed by atoms with Crippen LogP contribution in [0.25, 0.3) is 0 Å². The van der Waals surface area contributed by atoms with E-state index in [2.05, 4.69) is 0 Å². The Bertz CT molecular complexity index is 424. The Labute approximate surface area is 112 Å². The molecule has 0 heterocycles. The van der Waals surface area contributed by atoms with Crippen LogP contribution in [0.15, 0.2) is 29.2 Å². The van der Waals surface area contributed by atoms with E-state index in [4.69, 9.17) is 0 Å². The standard InChI is InChI=1S/C12H19NO2S.C2H6/c1-4-5-10-13(3)16(14,15)12-8-6-11(2)7-9-12;1-2/h6-9H,4-5,10H2,1-3H3;1-2H3. The maximum atomic E-state index is 12.1. The number of rotatable bonds is 5. The predicted octanol–water partition coefficient (Wildman–Crippen LogP) is 3.44. The Hall–Kier alpha value is -0.870. The van der Waals surface area contributed by atoms with E-state index in [0.717, 1.165) is 18.4 Å². The van der Waals surface area contributed by atoms with Crippen LogP contribution >= 0.6 is 0 Å². The summed E-state index contributed by atoms with van der Waals surface area (Å²) in [5.41, 5.74) is 1.06. The van der Waals surface area contributed by atoms with E-state index >= 15 is 0 Å². The van der Waals surface area contributed by atoms with Crippen LogP contribution < -0.4 is 0 Å². The summed E-state index contributed by atoms with van der Waals surface area (Å²) >= 11 is 0. The first-order valence-corrected chi connectivity index (χ1v) is 7.95. The van der Waals surface area contributed by atoms with E-state index in [-0.39, 0.29) is 0 Å². The highest BCUT2D eigenvalue weighted by atomic mass is 32.2. The molecule has 3 nitrogen and oxygen atoms in total. The van der Waals surface area contributed by atoms with Crippen LogP contribution in [0.3, 0.4) is 0 Å². The van der Waals surface area contributed by atoms with Crippen LogP contribution in [0.1, 0.15) is 39.2 Å². The molecule has 1 rings (SSSR count). The summed E-state index contributed by atoms with van der Waals surface area (Å²) in [7, 11) is -1.66. The molecule has 1 aromatic rings. The largest absolute Gasteiger partial charge is 0.242 e. The number of benzene rings is 1. The van der Waals surface area contributed by atoms with Gasteiger partial charge in [-0.3, -0.25) is 0 Å². The maximum absolute atomic E-state index is 12.1. The molecule has 0 spiro atoms. The number of sulfonamides is 1. The second kappa shape index (κ2) is 8.27. The third-order valence-corrected chi connectivity index (χ3v) is 4.43. The zero-order chi connectivity index (χ0) is 14.2. The molecule has 0 aliphatic rings. The number of hydrogen-bond donors (Lipinski definition) is 0. The van der Waals surface area contributed by atoms with Crippen LogP contribution in [0.4, 0.5) is 0 Å². The highest BCUT2D eigenvalue weighted by molar-refractivity contribution is 7.89. The lowest BCUT2D eigenvalue weighted by molar-refractivity contribution is 0.459. The lowest BCUT2D eigenvalue weighted by Gasteiger charge is -2.16. The predicted molar refractivity (Wildman–Crippen MR) is 77.3 cm³/mol. The van der Waals surface area contributed by atoms with Crippen molar-refractivity contribution in [2.24, 2.45) is 0 Å². The van der Waals surface area contributed by atoms with Gasteiger partial charge in [0.1, 0.15) is 0 Å². The van der Waals surface area contributed by atoms with Gasteiger partial charge in [0, 0.05) is 13.6 Å². The molecule has 0 radical (unpaired) electrons. The molecule has 1 aromatic carbocycles. The zero-order valence-electron chi connectivity index (χ0n) is 12.1. The molecule has 4 heteroatoms. The number of nitrogens with zero attached hydrogens (tertiary/aromatic N) is 1. The Balaban J connectivity index is 0.00000137. The van der Waals surface area contributed by atoms with Crippen molar-refractivity contribution in [3.05, 3.63) is 29.8 Å². The van der Waals surface area contributed by atoms with E-state index in [1.807, 2.05) is 39.8 Å². The van der Waals surface area contributed by atoms with E-state index in [0.29, 0.717) is 11.4 Å². The molecule has 0 atom stereocenters. The molecule has 0 aliphatic carbocycles. The molecular weight excluding hydrogens is 246 g/mol. The van der Waals surface area contributed by atoms with Crippen molar-refractivity contribution in [3.63, 3.8) is 0 Å². The molecule has 18 heavy (non-hydrogen) atoms. The van der Waals surface area contributed by atoms with Crippen molar-refractivity contribution in [1.82, 2.24) is 4.31 Å². The molecule has 0 aliphatic heterocycles. The molecule has 104 valence electrons. The highest BCUT2D eigenvalue weighted by Gasteiger charge is 2.19. The van der Waals surface area contributed by atoms with E-state index in [1.165, 1.54) is 4.31 Å². The molecule has 0 aromatic heterocycles. The Kier molecular flexibility index (Phi) is 7.87. The second-order valence-electron chi connectivity index (χ2n) is 3.99. The smallest absolute Gasteiger partial charge is 0.207 e. The van der Waals surface area contributed by atoms with Crippen molar-refractivity contribution in [1.29, 1.82) is 0 Å². The summed E-state index contributed by atoms with van der Waals surface area (Å²) in [6, 6.07) is 6.96. The van der Waals surface area contributed by atoms with E-state index < -0.39 is 10.0 Å². The topological polar surface area (TPSA) is 37.4 Å². The van der Waals surface area contributed by atoms with Gasteiger partial charge in [-0.2, -0.15) is 0 Å². The van der Waals surface area contributed by atoms with Gasteiger partial charge in [-0.15, -0.1) is 0 Å². The summed E-state index contributed by atoms with van der Waals surface area (Å²) < 4.78 is 25.6. The van der Waals surface area contributed by atoms with Crippen LogP contribution in [-0.2, 0) is 10.0 Å². The lowest BCUT2D eigenvalue weighted by atomic mass is 10.2. The second-order valence-corrected chi connectivity index (χ2v) is 6.04. The fourth-order valence-electron chi connectivity index (χ4n) is 1.39. The third kappa shape index (κ3) is 4.78. The summed E-state index contributed by atoms with van der Waals surface area (Å²) in [5, 5.41) is 0. The highest BCUT2D eigenvalue weighted by Crippen LogP contribution is 2.15. The van der Waals surface area contributed by atoms with Gasteiger partial charge in [-0.05, 0) is 25.5 Å². The van der Waals surface area contributed by atoms with Crippen LogP contribution in [0, 0.1) is 6.92 Å². The average Bonchev–Trinajstić information content (AvgIpc) is 2.38. The van der Waals surface area contributed by atoms with Crippen molar-refractivity contribution in [2.45, 2.75) is 45.4 Å². The quantitative estimate of drug-likeness (QED) is 0.822. The van der Waals surface area contributed by atoms with Gasteiger partial charge in [0.25, 0.3) is 0 Å². The SMILES string of the molecule is CC.CCCCN(C)S(=O)(=O)c1ccc(C)cc1. The summed E-state index contributed by atoms with van der Waals surface area (Å²) in [5.74, 6) is 0. The van der Waals surface area contributed by atoms with Gasteiger partial charge in [0.15, 0.2) is 0 Å². The van der Waals surface area contributed by atoms with Crippen molar-refractivity contribution >= 4 is 10.0 Å². The average molecular weight is 271 g/mol. The van der Waals surface area contributed by atoms with Gasteiger partial charge in [-0.1, -0.05) is 44.9 Å². The fraction of sp³-hybridized carbons (Fsp3) is 0.571. The lowest BCUT2D eigenvalue weighted by Crippen LogP contribution is -2.27. The third-order valence-electron chi connectivity index (χ3n) is 2.56. The maximum Gasteiger partial charge on any atom is 0.242 e. The van der Waals surface area contributed by atoms with Crippen molar-refractivity contribution < 1.29 is 8.42 Å². The van der Waals surface area contributed by atoms with E-state index in [9.17, 15) is 8.42 Å². The summed E-state index contributed by atoms with van der Waals surface area (Å²) in [6.45, 7) is 8.57. The molecule has 0 bridgehead atoms. The molecule has 0 unspecified atom stereocenters. The number of unbranched alkanes of at least 4 members (excludes halogenated alkanes) is 1. The minimum atomic E-state index is -3.29. The first-order chi connectivity index (χ1) is 8.48. The van der Waals surface area contributed by atoms with Crippen molar-refractivity contribution in [3.8, 4) is 0 Å². The van der Waals surface area contributed by atoms with Gasteiger partial charge in [0.2, 0.25) is 10.0 Å². The number of aryl methyl sites for hydroxylation is 1. The van der Waals surface area contributed by atoms with Gasteiger partial charge < -0.3 is 0 Å². The monoisotopic (exact) mass is 271 g/mol. The normalized spacial score (nSPS) is 11.0. The van der Waals surface area contributed by atoms with Crippen molar-refractivity contribution in [2.75, 3.05) is 13.6 Å². The Morgan fingerprint density at radius 1 is 1.11 bits per heavy atom. The molecule has 0 N–H and O–H groups in total. The van der Waals surface area contributed by atoms with E-state index in [1.54, 1.807) is 19.2 Å². The van der Waals surface area contributed by atoms with Gasteiger partial charge in [-0.25, -0.2) is 12.7 Å². The minimum absolute atomic E-state index is 0.372. The Morgan fingerprint density at radius 3 is 2.06 bits per heavy atom. The molecule has 0 saturated heterocycles. The van der Waals surface area contributed by atoms with Gasteiger partial charge in [0.05, 0.1) is 4.90 Å². The molecular formula is C14H25NO2S. The molecule has 0 amide bonds. The zero-order valence-corrected chi connectivity index (χ0v) is 12.9. The van der Waals surface area contributed by atoms with Crippen LogP contribution in [-0.4, -0.2) is 26.3 Å². The van der Waals surface area contributed by atoms with Crippen LogP contribution in [0.5, 0.6) is 0 Å². The van der Waals surface area contributed by atoms with Gasteiger partial charge >= 0.3 is 0 Å². The number of hydrogen-bond acceptors (Lipinski definition) is 2. The summed E-state index contributed by atoms with van der Waals surface area (Å²) in [4.78, 5) is 0.372. The Morgan fingerprint density at radius 2 is 1.61 bits per heavy atom. The summed E-state index contributed by atoms with van der Waals surface area (Å²) in [6.07, 6.45) is 1.88. The fourth-order valence-corrected chi connectivity index (χ4v) is 2.60. The van der Waals surface area contributed by atoms with Crippen LogP contribution in [0.2, 0.25) is 0 Å². The first-order valence-electron chi connectivity index (χ1n) is 6.51. The minimum Gasteiger partial charge on any atom is -0.207 e. The molecule has 0 fully saturated rings. The first kappa shape index (κ1) is 17.1. The molecule has 0 saturated carbocycles.